The average molecular weight is 235 g/mol. The maximum atomic E-state index is 10.4. The molecule has 1 aromatic carbocycles. The first-order chi connectivity index (χ1) is 7.65. The molecule has 0 radical (unpaired) electrons. The molecule has 0 bridgehead atoms. The summed E-state index contributed by atoms with van der Waals surface area (Å²) in [6.45, 7) is 1.82. The summed E-state index contributed by atoms with van der Waals surface area (Å²) < 4.78 is 0. The van der Waals surface area contributed by atoms with Crippen LogP contribution in [0.25, 0.3) is 0 Å². The van der Waals surface area contributed by atoms with Gasteiger partial charge in [0.25, 0.3) is 0 Å². The van der Waals surface area contributed by atoms with Crippen LogP contribution in [0.4, 0.5) is 11.4 Å². The van der Waals surface area contributed by atoms with Gasteiger partial charge in [0.2, 0.25) is 0 Å². The highest BCUT2D eigenvalue weighted by atomic mass is 32.1. The zero-order valence-corrected chi connectivity index (χ0v) is 9.70. The lowest BCUT2D eigenvalue weighted by atomic mass is 10.1. The summed E-state index contributed by atoms with van der Waals surface area (Å²) in [7, 11) is 0. The van der Waals surface area contributed by atoms with Crippen LogP contribution in [0.15, 0.2) is 29.2 Å². The molecule has 2 rings (SSSR count). The molecule has 0 atom stereocenters. The number of nitrogens with zero attached hydrogens (tertiary/aromatic N) is 1. The summed E-state index contributed by atoms with van der Waals surface area (Å²) in [6, 6.07) is 3.27. The van der Waals surface area contributed by atoms with Crippen molar-refractivity contribution in [3.8, 4) is 0 Å². The van der Waals surface area contributed by atoms with Crippen molar-refractivity contribution in [2.75, 3.05) is 11.5 Å². The molecule has 5 heteroatoms. The van der Waals surface area contributed by atoms with Gasteiger partial charge < -0.3 is 11.5 Å². The van der Waals surface area contributed by atoms with Crippen molar-refractivity contribution >= 4 is 29.0 Å². The second-order valence-electron chi connectivity index (χ2n) is 3.13. The number of aromatic nitrogens is 1. The molecular formula is C11H13N3OS. The van der Waals surface area contributed by atoms with Crippen molar-refractivity contribution in [2.24, 2.45) is 0 Å². The van der Waals surface area contributed by atoms with E-state index < -0.39 is 0 Å². The smallest absolute Gasteiger partial charge is 0.150 e. The third-order valence-corrected chi connectivity index (χ3v) is 2.47. The van der Waals surface area contributed by atoms with E-state index in [4.69, 9.17) is 11.5 Å². The van der Waals surface area contributed by atoms with E-state index in [1.165, 1.54) is 0 Å². The van der Waals surface area contributed by atoms with Crippen molar-refractivity contribution in [1.29, 1.82) is 0 Å². The molecule has 4 nitrogen and oxygen atoms in total. The van der Waals surface area contributed by atoms with Gasteiger partial charge in [0.1, 0.15) is 6.29 Å². The molecule has 2 aromatic rings. The second kappa shape index (κ2) is 5.87. The normalized spacial score (nSPS) is 9.06. The van der Waals surface area contributed by atoms with Crippen LogP contribution in [0.2, 0.25) is 0 Å². The molecule has 0 fully saturated rings. The van der Waals surface area contributed by atoms with E-state index in [1.54, 1.807) is 35.2 Å². The Kier molecular flexibility index (Phi) is 4.47. The van der Waals surface area contributed by atoms with E-state index >= 15 is 0 Å². The number of aryl methyl sites for hydroxylation is 1. The minimum absolute atomic E-state index is 0.456. The summed E-state index contributed by atoms with van der Waals surface area (Å²) >= 11 is 1.60. The lowest BCUT2D eigenvalue weighted by molar-refractivity contribution is 0.112. The third-order valence-electron chi connectivity index (χ3n) is 1.95. The lowest BCUT2D eigenvalue weighted by Crippen LogP contribution is -1.97. The molecule has 0 aliphatic heterocycles. The number of carbonyl (C=O) groups is 1. The van der Waals surface area contributed by atoms with Gasteiger partial charge in [-0.3, -0.25) is 9.78 Å². The highest BCUT2D eigenvalue weighted by Gasteiger charge is 2.00. The number of benzene rings is 1. The molecule has 1 heterocycles. The number of carbonyl (C=O) groups excluding carboxylic acids is 1. The quantitative estimate of drug-likeness (QED) is 0.586. The zero-order chi connectivity index (χ0) is 12.0. The molecule has 0 unspecified atom stereocenters. The number of nitrogens with two attached hydrogens (primary N) is 2. The number of hydrogen-bond acceptors (Lipinski definition) is 5. The predicted octanol–water partition coefficient (Wildman–Crippen LogP) is 2.12. The van der Waals surface area contributed by atoms with Gasteiger partial charge in [0.05, 0.1) is 16.9 Å². The molecule has 0 amide bonds. The number of aldehydes is 1. The number of rotatable bonds is 1. The van der Waals surface area contributed by atoms with E-state index in [1.807, 2.05) is 12.3 Å². The van der Waals surface area contributed by atoms with Gasteiger partial charge in [-0.2, -0.15) is 0 Å². The van der Waals surface area contributed by atoms with Gasteiger partial charge in [-0.05, 0) is 24.6 Å². The highest BCUT2D eigenvalue weighted by Crippen LogP contribution is 2.18. The maximum Gasteiger partial charge on any atom is 0.150 e. The van der Waals surface area contributed by atoms with Crippen LogP contribution in [0.3, 0.4) is 0 Å². The van der Waals surface area contributed by atoms with E-state index in [0.717, 1.165) is 11.8 Å². The van der Waals surface area contributed by atoms with Crippen LogP contribution in [-0.4, -0.2) is 11.3 Å². The maximum absolute atomic E-state index is 10.4. The van der Waals surface area contributed by atoms with E-state index in [9.17, 15) is 4.79 Å². The Bertz CT molecular complexity index is 437. The minimum Gasteiger partial charge on any atom is -0.397 e. The Labute approximate surface area is 97.9 Å². The Balaban J connectivity index is 0.000000212. The van der Waals surface area contributed by atoms with Crippen LogP contribution < -0.4 is 11.5 Å². The molecule has 0 aliphatic rings. The van der Waals surface area contributed by atoms with E-state index in [-0.39, 0.29) is 0 Å². The van der Waals surface area contributed by atoms with Crippen molar-refractivity contribution in [1.82, 2.24) is 4.98 Å². The third kappa shape index (κ3) is 3.36. The predicted molar refractivity (Wildman–Crippen MR) is 67.5 cm³/mol. The zero-order valence-electron chi connectivity index (χ0n) is 8.88. The van der Waals surface area contributed by atoms with Crippen LogP contribution in [0.1, 0.15) is 15.9 Å². The van der Waals surface area contributed by atoms with Gasteiger partial charge in [-0.1, -0.05) is 0 Å². The first-order valence-electron chi connectivity index (χ1n) is 4.58. The summed E-state index contributed by atoms with van der Waals surface area (Å²) in [6.07, 6.45) is 2.54. The van der Waals surface area contributed by atoms with Crippen LogP contribution in [0.5, 0.6) is 0 Å². The Morgan fingerprint density at radius 1 is 1.31 bits per heavy atom. The summed E-state index contributed by atoms with van der Waals surface area (Å²) in [5.41, 5.74) is 15.2. The van der Waals surface area contributed by atoms with Gasteiger partial charge in [-0.25, -0.2) is 0 Å². The Morgan fingerprint density at radius 2 is 2.00 bits per heavy atom. The summed E-state index contributed by atoms with van der Waals surface area (Å²) in [5, 5.41) is 1.93. The number of thiazole rings is 1. The van der Waals surface area contributed by atoms with E-state index in [2.05, 4.69) is 4.98 Å². The van der Waals surface area contributed by atoms with Crippen LogP contribution in [-0.2, 0) is 0 Å². The average Bonchev–Trinajstić information content (AvgIpc) is 2.82. The molecule has 1 aromatic heterocycles. The fourth-order valence-electron chi connectivity index (χ4n) is 1.07. The fourth-order valence-corrected chi connectivity index (χ4v) is 1.42. The summed E-state index contributed by atoms with van der Waals surface area (Å²) in [4.78, 5) is 14.1. The van der Waals surface area contributed by atoms with Gasteiger partial charge in [0.15, 0.2) is 0 Å². The van der Waals surface area contributed by atoms with Gasteiger partial charge in [0, 0.05) is 17.1 Å². The molecule has 4 N–H and O–H groups in total. The molecule has 0 spiro atoms. The lowest BCUT2D eigenvalue weighted by Gasteiger charge is -2.03. The number of anilines is 2. The molecule has 84 valence electrons. The van der Waals surface area contributed by atoms with Crippen molar-refractivity contribution in [3.63, 3.8) is 0 Å². The van der Waals surface area contributed by atoms with Gasteiger partial charge in [-0.15, -0.1) is 11.3 Å². The molecule has 0 saturated carbocycles. The summed E-state index contributed by atoms with van der Waals surface area (Å²) in [5.74, 6) is 0. The van der Waals surface area contributed by atoms with Crippen molar-refractivity contribution < 1.29 is 4.79 Å². The highest BCUT2D eigenvalue weighted by molar-refractivity contribution is 7.07. The fraction of sp³-hybridized carbons (Fsp3) is 0.0909. The second-order valence-corrected chi connectivity index (χ2v) is 3.89. The topological polar surface area (TPSA) is 82.0 Å². The Hall–Kier alpha value is -1.88. The van der Waals surface area contributed by atoms with Crippen LogP contribution in [0, 0.1) is 6.92 Å². The van der Waals surface area contributed by atoms with E-state index in [0.29, 0.717) is 16.9 Å². The standard InChI is InChI=1S/C8H10N2O.C3H3NS/c1-5-2-7(9)8(10)3-6(5)4-11;1-2-5-3-4-1/h2-4H,9-10H2,1H3;1-3H. The first kappa shape index (κ1) is 12.2. The monoisotopic (exact) mass is 235 g/mol. The Morgan fingerprint density at radius 3 is 2.44 bits per heavy atom. The molecule has 0 aliphatic carbocycles. The largest absolute Gasteiger partial charge is 0.397 e. The van der Waals surface area contributed by atoms with Gasteiger partial charge >= 0.3 is 0 Å². The molecular weight excluding hydrogens is 222 g/mol. The van der Waals surface area contributed by atoms with Crippen molar-refractivity contribution in [3.05, 3.63) is 40.3 Å². The molecule has 16 heavy (non-hydrogen) atoms. The number of hydrogen-bond donors (Lipinski definition) is 2. The minimum atomic E-state index is 0.456. The number of nitrogen functional groups attached to an aromatic ring is 2. The first-order valence-corrected chi connectivity index (χ1v) is 5.52. The van der Waals surface area contributed by atoms with Crippen LogP contribution >= 0.6 is 11.3 Å². The molecule has 0 saturated heterocycles. The SMILES string of the molecule is Cc1cc(N)c(N)cc1C=O.c1cscn1. The van der Waals surface area contributed by atoms with Crippen molar-refractivity contribution in [2.45, 2.75) is 6.92 Å².